The maximum atomic E-state index is 12.5. The summed E-state index contributed by atoms with van der Waals surface area (Å²) < 4.78 is 0. The van der Waals surface area contributed by atoms with Crippen molar-refractivity contribution in [2.45, 2.75) is 32.5 Å². The summed E-state index contributed by atoms with van der Waals surface area (Å²) in [6.45, 7) is 3.04. The van der Waals surface area contributed by atoms with Crippen molar-refractivity contribution < 1.29 is 9.59 Å². The van der Waals surface area contributed by atoms with Gasteiger partial charge in [0.05, 0.1) is 0 Å². The van der Waals surface area contributed by atoms with Gasteiger partial charge in [0.25, 0.3) is 5.91 Å². The molecule has 4 rings (SSSR count). The highest BCUT2D eigenvalue weighted by Gasteiger charge is 2.22. The third-order valence-corrected chi connectivity index (χ3v) is 4.85. The van der Waals surface area contributed by atoms with E-state index in [2.05, 4.69) is 28.8 Å². The molecule has 0 bridgehead atoms. The van der Waals surface area contributed by atoms with E-state index >= 15 is 0 Å². The Kier molecular flexibility index (Phi) is 5.59. The van der Waals surface area contributed by atoms with Crippen molar-refractivity contribution in [1.82, 2.24) is 10.6 Å². The molecular formula is C20H22ClN3O2. The van der Waals surface area contributed by atoms with E-state index in [9.17, 15) is 9.59 Å². The number of carbonyl (C=O) groups excluding carboxylic acids is 2. The molecule has 0 spiro atoms. The van der Waals surface area contributed by atoms with Crippen LogP contribution in [0.2, 0.25) is 0 Å². The van der Waals surface area contributed by atoms with Gasteiger partial charge in [0.2, 0.25) is 5.91 Å². The second kappa shape index (κ2) is 7.89. The minimum Gasteiger partial charge on any atom is -0.348 e. The average Bonchev–Trinajstić information content (AvgIpc) is 3.27. The van der Waals surface area contributed by atoms with Crippen LogP contribution in [-0.2, 0) is 24.4 Å². The van der Waals surface area contributed by atoms with Crippen LogP contribution < -0.4 is 15.5 Å². The summed E-state index contributed by atoms with van der Waals surface area (Å²) in [5.41, 5.74) is 5.12. The lowest BCUT2D eigenvalue weighted by Crippen LogP contribution is -2.25. The Morgan fingerprint density at radius 3 is 2.77 bits per heavy atom. The van der Waals surface area contributed by atoms with E-state index in [1.807, 2.05) is 12.1 Å². The van der Waals surface area contributed by atoms with Gasteiger partial charge in [-0.05, 0) is 41.3 Å². The molecule has 2 aliphatic heterocycles. The van der Waals surface area contributed by atoms with Crippen molar-refractivity contribution >= 4 is 29.9 Å². The van der Waals surface area contributed by atoms with Crippen molar-refractivity contribution in [3.63, 3.8) is 0 Å². The molecule has 26 heavy (non-hydrogen) atoms. The molecule has 0 atom stereocenters. The van der Waals surface area contributed by atoms with E-state index in [1.54, 1.807) is 17.0 Å². The largest absolute Gasteiger partial charge is 0.348 e. The first kappa shape index (κ1) is 18.4. The number of anilines is 1. The number of amides is 2. The van der Waals surface area contributed by atoms with Crippen LogP contribution in [0.15, 0.2) is 42.5 Å². The summed E-state index contributed by atoms with van der Waals surface area (Å²) in [7, 11) is 0. The summed E-state index contributed by atoms with van der Waals surface area (Å²) in [6, 6.07) is 13.6. The molecule has 1 fully saturated rings. The van der Waals surface area contributed by atoms with Gasteiger partial charge < -0.3 is 15.5 Å². The van der Waals surface area contributed by atoms with Crippen LogP contribution in [0.3, 0.4) is 0 Å². The van der Waals surface area contributed by atoms with E-state index in [4.69, 9.17) is 0 Å². The predicted octanol–water partition coefficient (Wildman–Crippen LogP) is 2.77. The summed E-state index contributed by atoms with van der Waals surface area (Å²) in [4.78, 5) is 26.1. The van der Waals surface area contributed by atoms with Crippen molar-refractivity contribution in [2.75, 3.05) is 11.4 Å². The van der Waals surface area contributed by atoms with Crippen molar-refractivity contribution in [1.29, 1.82) is 0 Å². The SMILES string of the molecule is Cl.O=C(NCc1ccc2c(c1)CNC2)c1cccc(N2CCCC2=O)c1. The first-order valence-electron chi connectivity index (χ1n) is 8.71. The molecule has 5 nitrogen and oxygen atoms in total. The molecule has 2 heterocycles. The number of fused-ring (bicyclic) bond motifs is 1. The molecular weight excluding hydrogens is 350 g/mol. The van der Waals surface area contributed by atoms with Crippen LogP contribution in [-0.4, -0.2) is 18.4 Å². The number of nitrogens with one attached hydrogen (secondary N) is 2. The number of rotatable bonds is 4. The van der Waals surface area contributed by atoms with Crippen LogP contribution in [0.25, 0.3) is 0 Å². The Labute approximate surface area is 159 Å². The maximum absolute atomic E-state index is 12.5. The normalized spacial score (nSPS) is 15.5. The van der Waals surface area contributed by atoms with Crippen LogP contribution in [0.1, 0.15) is 39.9 Å². The Morgan fingerprint density at radius 1 is 1.12 bits per heavy atom. The van der Waals surface area contributed by atoms with Crippen molar-refractivity contribution in [3.8, 4) is 0 Å². The Bertz CT molecular complexity index is 838. The zero-order chi connectivity index (χ0) is 17.2. The van der Waals surface area contributed by atoms with Gasteiger partial charge in [-0.2, -0.15) is 0 Å². The topological polar surface area (TPSA) is 61.4 Å². The molecule has 0 unspecified atom stereocenters. The van der Waals surface area contributed by atoms with E-state index in [0.29, 0.717) is 18.5 Å². The fourth-order valence-electron chi connectivity index (χ4n) is 3.48. The molecule has 2 N–H and O–H groups in total. The zero-order valence-corrected chi connectivity index (χ0v) is 15.3. The third kappa shape index (κ3) is 3.74. The minimum atomic E-state index is -0.118. The number of hydrogen-bond acceptors (Lipinski definition) is 3. The molecule has 1 saturated heterocycles. The van der Waals surface area contributed by atoms with E-state index in [1.165, 1.54) is 11.1 Å². The van der Waals surface area contributed by atoms with Crippen molar-refractivity contribution in [2.24, 2.45) is 0 Å². The van der Waals surface area contributed by atoms with Gasteiger partial charge in [0.15, 0.2) is 0 Å². The third-order valence-electron chi connectivity index (χ3n) is 4.85. The highest BCUT2D eigenvalue weighted by atomic mass is 35.5. The Morgan fingerprint density at radius 2 is 1.96 bits per heavy atom. The number of hydrogen-bond donors (Lipinski definition) is 2. The molecule has 2 amide bonds. The van der Waals surface area contributed by atoms with E-state index < -0.39 is 0 Å². The lowest BCUT2D eigenvalue weighted by atomic mass is 10.1. The second-order valence-corrected chi connectivity index (χ2v) is 6.59. The summed E-state index contributed by atoms with van der Waals surface area (Å²) >= 11 is 0. The summed E-state index contributed by atoms with van der Waals surface area (Å²) in [5, 5.41) is 6.30. The van der Waals surface area contributed by atoms with Crippen molar-refractivity contribution in [3.05, 3.63) is 64.7 Å². The minimum absolute atomic E-state index is 0. The van der Waals surface area contributed by atoms with Crippen LogP contribution in [0, 0.1) is 0 Å². The van der Waals surface area contributed by atoms with E-state index in [-0.39, 0.29) is 24.2 Å². The molecule has 0 aromatic heterocycles. The van der Waals surface area contributed by atoms with E-state index in [0.717, 1.165) is 37.3 Å². The van der Waals surface area contributed by atoms with Gasteiger partial charge in [-0.1, -0.05) is 24.3 Å². The fourth-order valence-corrected chi connectivity index (χ4v) is 3.48. The van der Waals surface area contributed by atoms with Gasteiger partial charge in [0, 0.05) is 43.9 Å². The van der Waals surface area contributed by atoms with Crippen LogP contribution in [0.5, 0.6) is 0 Å². The van der Waals surface area contributed by atoms with Gasteiger partial charge in [0.1, 0.15) is 0 Å². The standard InChI is InChI=1S/C20H21N3O2.ClH/c24-19-5-2-8-23(19)18-4-1-3-15(10-18)20(25)22-11-14-6-7-16-12-21-13-17(16)9-14;/h1,3-4,6-7,9-10,21H,2,5,8,11-13H2,(H,22,25);1H. The molecule has 0 saturated carbocycles. The molecule has 136 valence electrons. The van der Waals surface area contributed by atoms with Gasteiger partial charge in [-0.25, -0.2) is 0 Å². The Balaban J connectivity index is 0.00000196. The number of nitrogens with zero attached hydrogens (tertiary/aromatic N) is 1. The lowest BCUT2D eigenvalue weighted by Gasteiger charge is -2.16. The molecule has 0 radical (unpaired) electrons. The monoisotopic (exact) mass is 371 g/mol. The smallest absolute Gasteiger partial charge is 0.251 e. The average molecular weight is 372 g/mol. The summed E-state index contributed by atoms with van der Waals surface area (Å²) in [5.74, 6) is 0.0106. The molecule has 0 aliphatic carbocycles. The highest BCUT2D eigenvalue weighted by molar-refractivity contribution is 5.99. The number of halogens is 1. The molecule has 2 aromatic carbocycles. The van der Waals surface area contributed by atoms with Crippen LogP contribution in [0.4, 0.5) is 5.69 Å². The van der Waals surface area contributed by atoms with Gasteiger partial charge >= 0.3 is 0 Å². The molecule has 2 aromatic rings. The maximum Gasteiger partial charge on any atom is 0.251 e. The lowest BCUT2D eigenvalue weighted by molar-refractivity contribution is -0.117. The highest BCUT2D eigenvalue weighted by Crippen LogP contribution is 2.22. The first-order chi connectivity index (χ1) is 12.2. The molecule has 2 aliphatic rings. The number of carbonyl (C=O) groups is 2. The van der Waals surface area contributed by atoms with Crippen LogP contribution >= 0.6 is 12.4 Å². The number of benzene rings is 2. The zero-order valence-electron chi connectivity index (χ0n) is 14.5. The Hall–Kier alpha value is -2.37. The van der Waals surface area contributed by atoms with Gasteiger partial charge in [-0.3, -0.25) is 9.59 Å². The first-order valence-corrected chi connectivity index (χ1v) is 8.71. The predicted molar refractivity (Wildman–Crippen MR) is 103 cm³/mol. The fraction of sp³-hybridized carbons (Fsp3) is 0.300. The second-order valence-electron chi connectivity index (χ2n) is 6.59. The quantitative estimate of drug-likeness (QED) is 0.868. The summed E-state index contributed by atoms with van der Waals surface area (Å²) in [6.07, 6.45) is 1.46. The van der Waals surface area contributed by atoms with Gasteiger partial charge in [-0.15, -0.1) is 12.4 Å². The molecule has 6 heteroatoms.